The van der Waals surface area contributed by atoms with E-state index in [1.807, 2.05) is 0 Å². The number of ether oxygens (including phenoxy) is 3. The molecule has 6 nitrogen and oxygen atoms in total. The van der Waals surface area contributed by atoms with Crippen LogP contribution in [-0.4, -0.2) is 37.2 Å². The molecule has 0 spiro atoms. The Hall–Kier alpha value is -4.45. The van der Waals surface area contributed by atoms with E-state index in [0.717, 1.165) is 116 Å². The highest BCUT2D eigenvalue weighted by Gasteiger charge is 2.19. The number of carbonyl (C=O) groups excluding carboxylic acids is 3. The van der Waals surface area contributed by atoms with Crippen molar-refractivity contribution in [3.05, 3.63) is 134 Å². The molecule has 0 aliphatic rings. The molecular weight excluding hydrogens is 1010 g/mol. The van der Waals surface area contributed by atoms with Gasteiger partial charge in [-0.25, -0.2) is 0 Å². The van der Waals surface area contributed by atoms with Crippen molar-refractivity contribution in [2.45, 2.75) is 316 Å². The Labute approximate surface area is 506 Å². The van der Waals surface area contributed by atoms with Gasteiger partial charge in [0.2, 0.25) is 0 Å². The minimum atomic E-state index is -0.801. The molecule has 82 heavy (non-hydrogen) atoms. The molecule has 466 valence electrons. The molecule has 0 radical (unpaired) electrons. The van der Waals surface area contributed by atoms with E-state index in [4.69, 9.17) is 14.2 Å². The van der Waals surface area contributed by atoms with E-state index in [-0.39, 0.29) is 31.1 Å². The van der Waals surface area contributed by atoms with Crippen LogP contribution in [-0.2, 0) is 28.6 Å². The van der Waals surface area contributed by atoms with Crippen LogP contribution in [0.5, 0.6) is 0 Å². The van der Waals surface area contributed by atoms with Gasteiger partial charge in [-0.15, -0.1) is 0 Å². The number of hydrogen-bond donors (Lipinski definition) is 0. The Morgan fingerprint density at radius 2 is 0.476 bits per heavy atom. The van der Waals surface area contributed by atoms with Crippen molar-refractivity contribution in [3.63, 3.8) is 0 Å². The van der Waals surface area contributed by atoms with Gasteiger partial charge in [-0.05, 0) is 122 Å². The third-order valence-corrected chi connectivity index (χ3v) is 14.4. The number of hydrogen-bond acceptors (Lipinski definition) is 6. The van der Waals surface area contributed by atoms with Crippen molar-refractivity contribution in [3.8, 4) is 0 Å². The monoisotopic (exact) mass is 1130 g/mol. The topological polar surface area (TPSA) is 78.9 Å². The summed E-state index contributed by atoms with van der Waals surface area (Å²) in [5.41, 5.74) is 0. The normalized spacial score (nSPS) is 13.0. The molecular formula is C76H126O6. The number of unbranched alkanes of at least 4 members (excludes halogenated alkanes) is 28. The maximum absolute atomic E-state index is 12.9. The first-order chi connectivity index (χ1) is 40.5. The Balaban J connectivity index is 4.39. The first kappa shape index (κ1) is 77.5. The summed E-state index contributed by atoms with van der Waals surface area (Å²) in [6.07, 6.45) is 97.5. The van der Waals surface area contributed by atoms with Crippen LogP contribution in [0.25, 0.3) is 0 Å². The second kappa shape index (κ2) is 69.0. The Morgan fingerprint density at radius 3 is 0.780 bits per heavy atom. The molecule has 1 unspecified atom stereocenters. The van der Waals surface area contributed by atoms with E-state index in [1.54, 1.807) is 0 Å². The summed E-state index contributed by atoms with van der Waals surface area (Å²) < 4.78 is 16.9. The van der Waals surface area contributed by atoms with Crippen LogP contribution in [0.4, 0.5) is 0 Å². The fourth-order valence-electron chi connectivity index (χ4n) is 9.29. The molecule has 0 bridgehead atoms. The van der Waals surface area contributed by atoms with Crippen LogP contribution in [0.1, 0.15) is 310 Å². The molecule has 0 fully saturated rings. The Kier molecular flexibility index (Phi) is 65.3. The zero-order chi connectivity index (χ0) is 59.2. The van der Waals surface area contributed by atoms with Gasteiger partial charge < -0.3 is 14.2 Å². The minimum Gasteiger partial charge on any atom is -0.462 e. The lowest BCUT2D eigenvalue weighted by Crippen LogP contribution is -2.30. The van der Waals surface area contributed by atoms with Gasteiger partial charge in [-0.3, -0.25) is 14.4 Å². The first-order valence-corrected chi connectivity index (χ1v) is 34.2. The van der Waals surface area contributed by atoms with Crippen molar-refractivity contribution in [1.29, 1.82) is 0 Å². The highest BCUT2D eigenvalue weighted by Crippen LogP contribution is 2.16. The quantitative estimate of drug-likeness (QED) is 0.0261. The average Bonchev–Trinajstić information content (AvgIpc) is 3.47. The van der Waals surface area contributed by atoms with Gasteiger partial charge in [0.1, 0.15) is 13.2 Å². The summed E-state index contributed by atoms with van der Waals surface area (Å²) in [5, 5.41) is 0. The van der Waals surface area contributed by atoms with Gasteiger partial charge in [-0.2, -0.15) is 0 Å². The number of allylic oxidation sites excluding steroid dienone is 22. The summed E-state index contributed by atoms with van der Waals surface area (Å²) in [5.74, 6) is -0.936. The molecule has 0 heterocycles. The molecule has 0 amide bonds. The molecule has 0 saturated heterocycles. The zero-order valence-corrected chi connectivity index (χ0v) is 53.5. The molecule has 0 aliphatic heterocycles. The summed E-state index contributed by atoms with van der Waals surface area (Å²) in [7, 11) is 0. The molecule has 6 heteroatoms. The highest BCUT2D eigenvalue weighted by molar-refractivity contribution is 5.71. The third kappa shape index (κ3) is 66.4. The molecule has 0 N–H and O–H groups in total. The predicted molar refractivity (Wildman–Crippen MR) is 357 cm³/mol. The summed E-state index contributed by atoms with van der Waals surface area (Å²) in [6.45, 7) is 6.50. The van der Waals surface area contributed by atoms with E-state index >= 15 is 0 Å². The summed E-state index contributed by atoms with van der Waals surface area (Å²) >= 11 is 0. The van der Waals surface area contributed by atoms with Crippen LogP contribution in [0.15, 0.2) is 134 Å². The van der Waals surface area contributed by atoms with Crippen LogP contribution in [0.2, 0.25) is 0 Å². The Morgan fingerprint density at radius 1 is 0.256 bits per heavy atom. The summed E-state index contributed by atoms with van der Waals surface area (Å²) in [6, 6.07) is 0. The number of esters is 3. The predicted octanol–water partition coefficient (Wildman–Crippen LogP) is 23.7. The van der Waals surface area contributed by atoms with Crippen LogP contribution >= 0.6 is 0 Å². The fourth-order valence-corrected chi connectivity index (χ4v) is 9.29. The number of carbonyl (C=O) groups is 3. The lowest BCUT2D eigenvalue weighted by atomic mass is 10.0. The lowest BCUT2D eigenvalue weighted by molar-refractivity contribution is -0.167. The van der Waals surface area contributed by atoms with E-state index < -0.39 is 6.10 Å². The molecule has 0 aromatic carbocycles. The summed E-state index contributed by atoms with van der Waals surface area (Å²) in [4.78, 5) is 38.3. The fraction of sp³-hybridized carbons (Fsp3) is 0.671. The second-order valence-electron chi connectivity index (χ2n) is 22.4. The van der Waals surface area contributed by atoms with Crippen molar-refractivity contribution in [1.82, 2.24) is 0 Å². The van der Waals surface area contributed by atoms with Crippen LogP contribution < -0.4 is 0 Å². The molecule has 0 rings (SSSR count). The molecule has 0 aromatic heterocycles. The maximum Gasteiger partial charge on any atom is 0.306 e. The van der Waals surface area contributed by atoms with Gasteiger partial charge in [0.25, 0.3) is 0 Å². The maximum atomic E-state index is 12.9. The van der Waals surface area contributed by atoms with E-state index in [0.29, 0.717) is 25.7 Å². The highest BCUT2D eigenvalue weighted by atomic mass is 16.6. The minimum absolute atomic E-state index is 0.0934. The van der Waals surface area contributed by atoms with Crippen LogP contribution in [0.3, 0.4) is 0 Å². The number of rotatable bonds is 61. The van der Waals surface area contributed by atoms with Crippen molar-refractivity contribution >= 4 is 17.9 Å². The van der Waals surface area contributed by atoms with Crippen molar-refractivity contribution in [2.75, 3.05) is 13.2 Å². The van der Waals surface area contributed by atoms with Gasteiger partial charge in [0.05, 0.1) is 0 Å². The third-order valence-electron chi connectivity index (χ3n) is 14.4. The van der Waals surface area contributed by atoms with Gasteiger partial charge in [0.15, 0.2) is 6.10 Å². The second-order valence-corrected chi connectivity index (χ2v) is 22.4. The first-order valence-electron chi connectivity index (χ1n) is 34.2. The van der Waals surface area contributed by atoms with Crippen molar-refractivity contribution < 1.29 is 28.6 Å². The molecule has 0 aromatic rings. The van der Waals surface area contributed by atoms with E-state index in [1.165, 1.54) is 148 Å². The largest absolute Gasteiger partial charge is 0.462 e. The zero-order valence-electron chi connectivity index (χ0n) is 53.5. The Bertz CT molecular complexity index is 1730. The smallest absolute Gasteiger partial charge is 0.306 e. The van der Waals surface area contributed by atoms with E-state index in [2.05, 4.69) is 154 Å². The molecule has 0 saturated carbocycles. The average molecular weight is 1140 g/mol. The van der Waals surface area contributed by atoms with E-state index in [9.17, 15) is 14.4 Å². The standard InChI is InChI=1S/C76H126O6/c1-4-7-10-13-16-19-22-25-28-30-31-32-33-34-35-36-37-38-39-40-41-42-43-44-45-47-48-51-54-57-60-63-66-69-75(78)81-72-73(71-80-74(77)68-65-62-59-56-53-50-27-24-21-18-15-12-9-6-3)82-76(79)70-67-64-61-58-55-52-49-46-29-26-23-20-17-14-11-8-5-2/h7,10,16,19,25-26,28-29,31-32,34-35,37-38,40-41,43-44,47-48,54,57,73H,4-6,8-9,11-15,17-18,20-24,27,30,33,36,39,42,45-46,49-53,55-56,58-72H2,1-3H3/b10-7-,19-16-,28-25-,29-26-,32-31-,35-34-,38-37-,41-40-,44-43-,48-47-,57-54-. The molecule has 1 atom stereocenters. The van der Waals surface area contributed by atoms with Crippen LogP contribution in [0, 0.1) is 0 Å². The van der Waals surface area contributed by atoms with Gasteiger partial charge in [-0.1, -0.05) is 302 Å². The van der Waals surface area contributed by atoms with Gasteiger partial charge >= 0.3 is 17.9 Å². The lowest BCUT2D eigenvalue weighted by Gasteiger charge is -2.18. The van der Waals surface area contributed by atoms with Gasteiger partial charge in [0, 0.05) is 19.3 Å². The SMILES string of the molecule is CC/C=C\C/C=C\C/C=C\C/C=C\C/C=C\C/C=C\C/C=C\C/C=C\C/C=C\C/C=C\CCCCC(=O)OCC(COC(=O)CCCCCCCCCCCCCCCC)OC(=O)CCCCCCCCC/C=C\CCCCCCCC. The van der Waals surface area contributed by atoms with Crippen molar-refractivity contribution in [2.24, 2.45) is 0 Å². The molecule has 0 aliphatic carbocycles.